The third-order valence-corrected chi connectivity index (χ3v) is 3.38. The molecule has 2 nitrogen and oxygen atoms in total. The number of aliphatic hydroxyl groups is 1. The maximum Gasteiger partial charge on any atom is 0.139 e. The fourth-order valence-electron chi connectivity index (χ4n) is 1.58. The highest BCUT2D eigenvalue weighted by molar-refractivity contribution is 6.42. The molecule has 0 unspecified atom stereocenters. The minimum absolute atomic E-state index is 0.141. The van der Waals surface area contributed by atoms with E-state index in [1.54, 1.807) is 18.2 Å². The summed E-state index contributed by atoms with van der Waals surface area (Å²) in [6.07, 6.45) is 0. The Balaban J connectivity index is 2.02. The van der Waals surface area contributed by atoms with E-state index >= 15 is 0 Å². The summed E-state index contributed by atoms with van der Waals surface area (Å²) in [6, 6.07) is 12.9. The average Bonchev–Trinajstić information content (AvgIpc) is 2.48. The Kier molecular flexibility index (Phi) is 5.31. The molecule has 1 N–H and O–H groups in total. The zero-order chi connectivity index (χ0) is 14.4. The molecule has 4 heteroatoms. The molecule has 2 aromatic rings. The van der Waals surface area contributed by atoms with Crippen LogP contribution < -0.4 is 4.74 Å². The van der Waals surface area contributed by atoms with Crippen LogP contribution in [0.3, 0.4) is 0 Å². The summed E-state index contributed by atoms with van der Waals surface area (Å²) in [5.74, 6) is 5.99. The average molecular weight is 307 g/mol. The number of ether oxygens (including phenoxy) is 1. The molecule has 0 amide bonds. The van der Waals surface area contributed by atoms with Crippen molar-refractivity contribution in [1.82, 2.24) is 0 Å². The summed E-state index contributed by atoms with van der Waals surface area (Å²) in [4.78, 5) is 0. The fraction of sp³-hybridized carbons (Fsp3) is 0.125. The van der Waals surface area contributed by atoms with Gasteiger partial charge in [-0.15, -0.1) is 0 Å². The van der Waals surface area contributed by atoms with E-state index < -0.39 is 0 Å². The van der Waals surface area contributed by atoms with Crippen LogP contribution in [-0.2, 0) is 6.61 Å². The van der Waals surface area contributed by atoms with Gasteiger partial charge in [0, 0.05) is 5.56 Å². The van der Waals surface area contributed by atoms with E-state index in [1.807, 2.05) is 24.3 Å². The third kappa shape index (κ3) is 3.91. The van der Waals surface area contributed by atoms with Crippen LogP contribution in [0.2, 0.25) is 10.0 Å². The molecule has 0 bridgehead atoms. The first-order valence-corrected chi connectivity index (χ1v) is 6.72. The van der Waals surface area contributed by atoms with Crippen LogP contribution in [0.4, 0.5) is 0 Å². The Labute approximate surface area is 127 Å². The number of hydrogen-bond donors (Lipinski definition) is 1. The van der Waals surface area contributed by atoms with Crippen LogP contribution in [0.25, 0.3) is 0 Å². The smallest absolute Gasteiger partial charge is 0.139 e. The topological polar surface area (TPSA) is 29.5 Å². The first-order chi connectivity index (χ1) is 9.70. The van der Waals surface area contributed by atoms with Gasteiger partial charge < -0.3 is 9.84 Å². The zero-order valence-corrected chi connectivity index (χ0v) is 12.1. The molecule has 0 fully saturated rings. The molecule has 0 spiro atoms. The highest BCUT2D eigenvalue weighted by atomic mass is 35.5. The summed E-state index contributed by atoms with van der Waals surface area (Å²) < 4.78 is 5.63. The van der Waals surface area contributed by atoms with Crippen LogP contribution >= 0.6 is 23.2 Å². The van der Waals surface area contributed by atoms with Crippen molar-refractivity contribution < 1.29 is 9.84 Å². The molecule has 0 aromatic heterocycles. The maximum absolute atomic E-state index is 8.62. The van der Waals surface area contributed by atoms with E-state index in [2.05, 4.69) is 11.8 Å². The number of hydrogen-bond acceptors (Lipinski definition) is 2. The second-order valence-corrected chi connectivity index (χ2v) is 4.78. The van der Waals surface area contributed by atoms with Crippen molar-refractivity contribution in [3.63, 3.8) is 0 Å². The lowest BCUT2D eigenvalue weighted by atomic mass is 10.1. The van der Waals surface area contributed by atoms with Gasteiger partial charge in [-0.2, -0.15) is 0 Å². The summed E-state index contributed by atoms with van der Waals surface area (Å²) in [5.41, 5.74) is 1.85. The molecular formula is C16H12Cl2O2. The van der Waals surface area contributed by atoms with E-state index in [-0.39, 0.29) is 6.61 Å². The molecule has 0 aliphatic rings. The zero-order valence-electron chi connectivity index (χ0n) is 10.6. The van der Waals surface area contributed by atoms with Crippen molar-refractivity contribution in [2.24, 2.45) is 0 Å². The van der Waals surface area contributed by atoms with E-state index in [0.29, 0.717) is 22.4 Å². The monoisotopic (exact) mass is 306 g/mol. The minimum Gasteiger partial charge on any atom is -0.487 e. The lowest BCUT2D eigenvalue weighted by molar-refractivity contribution is 0.306. The van der Waals surface area contributed by atoms with Crippen molar-refractivity contribution in [2.75, 3.05) is 6.61 Å². The van der Waals surface area contributed by atoms with E-state index in [4.69, 9.17) is 33.0 Å². The Bertz CT molecular complexity index is 640. The van der Waals surface area contributed by atoms with Crippen LogP contribution in [0.5, 0.6) is 5.75 Å². The summed E-state index contributed by atoms with van der Waals surface area (Å²) in [5, 5.41) is 9.51. The van der Waals surface area contributed by atoms with Gasteiger partial charge in [-0.05, 0) is 29.8 Å². The maximum atomic E-state index is 8.62. The van der Waals surface area contributed by atoms with Gasteiger partial charge in [0.2, 0.25) is 0 Å². The van der Waals surface area contributed by atoms with Crippen LogP contribution in [0, 0.1) is 11.8 Å². The summed E-state index contributed by atoms with van der Waals surface area (Å²) >= 11 is 12.0. The molecule has 0 saturated carbocycles. The highest BCUT2D eigenvalue weighted by Crippen LogP contribution is 2.31. The van der Waals surface area contributed by atoms with Gasteiger partial charge >= 0.3 is 0 Å². The van der Waals surface area contributed by atoms with Gasteiger partial charge in [0.15, 0.2) is 0 Å². The Morgan fingerprint density at radius 1 is 1.05 bits per heavy atom. The van der Waals surface area contributed by atoms with Crippen molar-refractivity contribution in [3.05, 3.63) is 63.6 Å². The third-order valence-electron chi connectivity index (χ3n) is 2.58. The van der Waals surface area contributed by atoms with Crippen molar-refractivity contribution in [2.45, 2.75) is 6.61 Å². The molecular weight excluding hydrogens is 295 g/mol. The first-order valence-electron chi connectivity index (χ1n) is 5.96. The number of rotatable bonds is 3. The molecule has 0 radical (unpaired) electrons. The predicted octanol–water partition coefficient (Wildman–Crippen LogP) is 3.92. The van der Waals surface area contributed by atoms with Gasteiger partial charge in [-0.25, -0.2) is 0 Å². The van der Waals surface area contributed by atoms with Gasteiger partial charge in [0.25, 0.3) is 0 Å². The normalized spacial score (nSPS) is 9.75. The number of aliphatic hydroxyl groups excluding tert-OH is 1. The molecule has 0 saturated heterocycles. The highest BCUT2D eigenvalue weighted by Gasteiger charge is 2.05. The van der Waals surface area contributed by atoms with Gasteiger partial charge in [-0.1, -0.05) is 53.2 Å². The molecule has 0 aliphatic heterocycles. The number of halogens is 2. The number of benzene rings is 2. The van der Waals surface area contributed by atoms with Gasteiger partial charge in [0.1, 0.15) is 24.0 Å². The summed E-state index contributed by atoms with van der Waals surface area (Å²) in [6.45, 7) is 0.256. The SMILES string of the molecule is OCC#Cc1ccc(COc2cccc(Cl)c2Cl)cc1. The van der Waals surface area contributed by atoms with Crippen LogP contribution in [0.15, 0.2) is 42.5 Å². The molecule has 20 heavy (non-hydrogen) atoms. The molecule has 102 valence electrons. The predicted molar refractivity (Wildman–Crippen MR) is 81.2 cm³/mol. The van der Waals surface area contributed by atoms with E-state index in [9.17, 15) is 0 Å². The molecule has 2 rings (SSSR count). The second-order valence-electron chi connectivity index (χ2n) is 4.00. The van der Waals surface area contributed by atoms with Gasteiger partial charge in [-0.3, -0.25) is 0 Å². The van der Waals surface area contributed by atoms with E-state index in [0.717, 1.165) is 11.1 Å². The summed E-state index contributed by atoms with van der Waals surface area (Å²) in [7, 11) is 0. The molecule has 2 aromatic carbocycles. The van der Waals surface area contributed by atoms with E-state index in [1.165, 1.54) is 0 Å². The molecule has 0 aliphatic carbocycles. The van der Waals surface area contributed by atoms with Crippen molar-refractivity contribution >= 4 is 23.2 Å². The molecule has 0 heterocycles. The largest absolute Gasteiger partial charge is 0.487 e. The van der Waals surface area contributed by atoms with Gasteiger partial charge in [0.05, 0.1) is 5.02 Å². The fourth-order valence-corrected chi connectivity index (χ4v) is 1.93. The Morgan fingerprint density at radius 2 is 1.80 bits per heavy atom. The van der Waals surface area contributed by atoms with Crippen LogP contribution in [-0.4, -0.2) is 11.7 Å². The lowest BCUT2D eigenvalue weighted by Crippen LogP contribution is -1.96. The quantitative estimate of drug-likeness (QED) is 0.871. The second kappa shape index (κ2) is 7.21. The van der Waals surface area contributed by atoms with Crippen LogP contribution in [0.1, 0.15) is 11.1 Å². The Hall–Kier alpha value is -1.66. The Morgan fingerprint density at radius 3 is 2.50 bits per heavy atom. The first kappa shape index (κ1) is 14.7. The minimum atomic E-state index is -0.141. The van der Waals surface area contributed by atoms with Crippen molar-refractivity contribution in [1.29, 1.82) is 0 Å². The lowest BCUT2D eigenvalue weighted by Gasteiger charge is -2.08. The standard InChI is InChI=1S/C16H12Cl2O2/c17-14-4-1-5-15(16(14)18)20-11-13-8-6-12(7-9-13)3-2-10-19/h1,4-9,19H,10-11H2. The molecule has 0 atom stereocenters. The van der Waals surface area contributed by atoms with Crippen molar-refractivity contribution in [3.8, 4) is 17.6 Å².